The van der Waals surface area contributed by atoms with E-state index in [0.29, 0.717) is 17.5 Å². The first-order valence-corrected chi connectivity index (χ1v) is 10.2. The van der Waals surface area contributed by atoms with Crippen molar-refractivity contribution < 1.29 is 9.53 Å². The molecule has 3 heterocycles. The third-order valence-electron chi connectivity index (χ3n) is 5.65. The third kappa shape index (κ3) is 3.10. The van der Waals surface area contributed by atoms with E-state index in [0.717, 1.165) is 54.4 Å². The number of rotatable bonds is 2. The Bertz CT molecular complexity index is 1000. The summed E-state index contributed by atoms with van der Waals surface area (Å²) in [5.74, 6) is 1.31. The molecule has 1 unspecified atom stereocenters. The van der Waals surface area contributed by atoms with Crippen LogP contribution in [0.3, 0.4) is 0 Å². The Kier molecular flexibility index (Phi) is 4.56. The number of carbonyl (C=O) groups is 1. The molecule has 1 atom stereocenters. The highest BCUT2D eigenvalue weighted by molar-refractivity contribution is 6.34. The van der Waals surface area contributed by atoms with Crippen LogP contribution in [0.15, 0.2) is 41.5 Å². The topological polar surface area (TPSA) is 69.2 Å². The molecule has 0 bridgehead atoms. The standard InChI is InChI=1S/C21H22ClN5O2/c1-13-21(28)25-24-19-12-29-18-11-14(5-6-16(18)27(13)19)20-15(22)3-2-4-17(20)26-9-7-23-8-10-26/h2-6,11,13,23H,7-10,12H2,1H3,(H,25,28). The smallest absolute Gasteiger partial charge is 0.262 e. The monoisotopic (exact) mass is 411 g/mol. The fourth-order valence-corrected chi connectivity index (χ4v) is 4.43. The Morgan fingerprint density at radius 3 is 2.83 bits per heavy atom. The van der Waals surface area contributed by atoms with E-state index in [1.54, 1.807) is 0 Å². The molecule has 1 fully saturated rings. The van der Waals surface area contributed by atoms with E-state index in [1.807, 2.05) is 42.2 Å². The highest BCUT2D eigenvalue weighted by atomic mass is 35.5. The Balaban J connectivity index is 1.57. The molecule has 0 spiro atoms. The minimum atomic E-state index is -0.340. The van der Waals surface area contributed by atoms with Crippen LogP contribution in [0.4, 0.5) is 11.4 Å². The minimum absolute atomic E-state index is 0.127. The maximum absolute atomic E-state index is 12.1. The fraction of sp³-hybridized carbons (Fsp3) is 0.333. The molecule has 8 heteroatoms. The van der Waals surface area contributed by atoms with Gasteiger partial charge in [0, 0.05) is 37.4 Å². The Labute approximate surface area is 174 Å². The van der Waals surface area contributed by atoms with Crippen LogP contribution in [0.5, 0.6) is 5.75 Å². The highest BCUT2D eigenvalue weighted by Crippen LogP contribution is 2.42. The van der Waals surface area contributed by atoms with Crippen LogP contribution in [0.1, 0.15) is 6.92 Å². The summed E-state index contributed by atoms with van der Waals surface area (Å²) in [6, 6.07) is 11.7. The molecule has 3 aliphatic rings. The summed E-state index contributed by atoms with van der Waals surface area (Å²) in [6.07, 6.45) is 0. The molecule has 2 aromatic carbocycles. The van der Waals surface area contributed by atoms with Gasteiger partial charge in [-0.3, -0.25) is 4.79 Å². The Hall–Kier alpha value is -2.77. The second-order valence-corrected chi connectivity index (χ2v) is 7.80. The van der Waals surface area contributed by atoms with E-state index in [1.165, 1.54) is 0 Å². The van der Waals surface area contributed by atoms with Crippen molar-refractivity contribution in [3.63, 3.8) is 0 Å². The van der Waals surface area contributed by atoms with Gasteiger partial charge in [-0.2, -0.15) is 5.10 Å². The van der Waals surface area contributed by atoms with Crippen molar-refractivity contribution in [3.8, 4) is 16.9 Å². The summed E-state index contributed by atoms with van der Waals surface area (Å²) in [7, 11) is 0. The lowest BCUT2D eigenvalue weighted by Crippen LogP contribution is -2.55. The van der Waals surface area contributed by atoms with Gasteiger partial charge in [0.25, 0.3) is 5.91 Å². The molecule has 150 valence electrons. The summed E-state index contributed by atoms with van der Waals surface area (Å²) < 4.78 is 5.97. The maximum Gasteiger partial charge on any atom is 0.262 e. The number of halogens is 1. The van der Waals surface area contributed by atoms with E-state index >= 15 is 0 Å². The first kappa shape index (κ1) is 18.3. The number of piperazine rings is 1. The van der Waals surface area contributed by atoms with E-state index < -0.39 is 0 Å². The third-order valence-corrected chi connectivity index (χ3v) is 5.97. The molecule has 1 saturated heterocycles. The van der Waals surface area contributed by atoms with Gasteiger partial charge in [0.05, 0.1) is 10.7 Å². The van der Waals surface area contributed by atoms with Crippen LogP contribution in [-0.4, -0.2) is 50.6 Å². The van der Waals surface area contributed by atoms with Crippen molar-refractivity contribution in [3.05, 3.63) is 41.4 Å². The number of amidine groups is 1. The first-order valence-electron chi connectivity index (χ1n) is 9.80. The normalized spacial score (nSPS) is 21.0. The number of nitrogens with one attached hydrogen (secondary N) is 2. The average Bonchev–Trinajstić information content (AvgIpc) is 2.76. The van der Waals surface area contributed by atoms with Gasteiger partial charge in [-0.25, -0.2) is 5.43 Å². The van der Waals surface area contributed by atoms with Crippen LogP contribution >= 0.6 is 11.6 Å². The highest BCUT2D eigenvalue weighted by Gasteiger charge is 2.35. The van der Waals surface area contributed by atoms with E-state index in [9.17, 15) is 4.79 Å². The molecule has 0 radical (unpaired) electrons. The van der Waals surface area contributed by atoms with Crippen LogP contribution in [-0.2, 0) is 4.79 Å². The van der Waals surface area contributed by atoms with Crippen molar-refractivity contribution in [2.24, 2.45) is 5.10 Å². The molecular weight excluding hydrogens is 390 g/mol. The number of hydrazone groups is 1. The summed E-state index contributed by atoms with van der Waals surface area (Å²) in [4.78, 5) is 16.4. The lowest BCUT2D eigenvalue weighted by atomic mass is 10.00. The number of nitrogens with zero attached hydrogens (tertiary/aromatic N) is 3. The number of anilines is 2. The van der Waals surface area contributed by atoms with Gasteiger partial charge < -0.3 is 19.9 Å². The molecule has 5 rings (SSSR count). The van der Waals surface area contributed by atoms with E-state index in [-0.39, 0.29) is 11.9 Å². The number of hydrogen-bond acceptors (Lipinski definition) is 6. The van der Waals surface area contributed by atoms with Gasteiger partial charge in [0.1, 0.15) is 18.4 Å². The quantitative estimate of drug-likeness (QED) is 0.794. The Morgan fingerprint density at radius 2 is 2.00 bits per heavy atom. The van der Waals surface area contributed by atoms with Gasteiger partial charge >= 0.3 is 0 Å². The van der Waals surface area contributed by atoms with Crippen LogP contribution in [0, 0.1) is 0 Å². The minimum Gasteiger partial charge on any atom is -0.483 e. The zero-order valence-electron chi connectivity index (χ0n) is 16.1. The molecule has 7 nitrogen and oxygen atoms in total. The molecule has 29 heavy (non-hydrogen) atoms. The van der Waals surface area contributed by atoms with Crippen molar-refractivity contribution in [2.45, 2.75) is 13.0 Å². The predicted molar refractivity (Wildman–Crippen MR) is 115 cm³/mol. The van der Waals surface area contributed by atoms with Gasteiger partial charge in [-0.1, -0.05) is 23.7 Å². The fourth-order valence-electron chi connectivity index (χ4n) is 4.15. The van der Waals surface area contributed by atoms with E-state index in [2.05, 4.69) is 26.8 Å². The van der Waals surface area contributed by atoms with Crippen molar-refractivity contribution in [1.29, 1.82) is 0 Å². The second-order valence-electron chi connectivity index (χ2n) is 7.39. The molecule has 3 aliphatic heterocycles. The lowest BCUT2D eigenvalue weighted by molar-refractivity contribution is -0.122. The van der Waals surface area contributed by atoms with Crippen LogP contribution < -0.4 is 25.3 Å². The van der Waals surface area contributed by atoms with Crippen molar-refractivity contribution in [1.82, 2.24) is 10.7 Å². The number of ether oxygens (including phenoxy) is 1. The zero-order chi connectivity index (χ0) is 20.0. The molecule has 0 aromatic heterocycles. The van der Waals surface area contributed by atoms with Crippen LogP contribution in [0.25, 0.3) is 11.1 Å². The summed E-state index contributed by atoms with van der Waals surface area (Å²) in [6.45, 7) is 5.97. The summed E-state index contributed by atoms with van der Waals surface area (Å²) in [5.41, 5.74) is 6.52. The van der Waals surface area contributed by atoms with E-state index in [4.69, 9.17) is 16.3 Å². The molecule has 2 aromatic rings. The van der Waals surface area contributed by atoms with Crippen molar-refractivity contribution in [2.75, 3.05) is 42.6 Å². The first-order chi connectivity index (χ1) is 14.1. The molecule has 1 amide bonds. The number of benzene rings is 2. The molecule has 0 saturated carbocycles. The Morgan fingerprint density at radius 1 is 1.17 bits per heavy atom. The number of fused-ring (bicyclic) bond motifs is 3. The summed E-state index contributed by atoms with van der Waals surface area (Å²) >= 11 is 6.65. The maximum atomic E-state index is 12.1. The molecule has 2 N–H and O–H groups in total. The number of hydrogen-bond donors (Lipinski definition) is 2. The van der Waals surface area contributed by atoms with Gasteiger partial charge in [0.15, 0.2) is 5.84 Å². The predicted octanol–water partition coefficient (Wildman–Crippen LogP) is 2.45. The second kappa shape index (κ2) is 7.24. The largest absolute Gasteiger partial charge is 0.483 e. The van der Waals surface area contributed by atoms with Gasteiger partial charge in [0.2, 0.25) is 0 Å². The SMILES string of the molecule is CC1C(=O)NN=C2COc3cc(-c4c(Cl)cccc4N4CCNCC4)ccc3N21. The number of carbonyl (C=O) groups excluding carboxylic acids is 1. The summed E-state index contributed by atoms with van der Waals surface area (Å²) in [5, 5.41) is 8.24. The van der Waals surface area contributed by atoms with Gasteiger partial charge in [-0.05, 0) is 36.8 Å². The molecule has 0 aliphatic carbocycles. The zero-order valence-corrected chi connectivity index (χ0v) is 16.9. The lowest BCUT2D eigenvalue weighted by Gasteiger charge is -2.38. The van der Waals surface area contributed by atoms with Crippen LogP contribution in [0.2, 0.25) is 5.02 Å². The van der Waals surface area contributed by atoms with Crippen molar-refractivity contribution >= 4 is 34.7 Å². The molecular formula is C21H22ClN5O2. The average molecular weight is 412 g/mol. The van der Waals surface area contributed by atoms with Gasteiger partial charge in [-0.15, -0.1) is 0 Å². The number of amides is 1.